The minimum absolute atomic E-state index is 0.0882. The molecule has 8 nitrogen and oxygen atoms in total. The Bertz CT molecular complexity index is 2000. The van der Waals surface area contributed by atoms with E-state index in [1.807, 2.05) is 26.0 Å². The molecule has 46 heavy (non-hydrogen) atoms. The molecule has 0 N–H and O–H groups in total. The van der Waals surface area contributed by atoms with E-state index in [0.717, 1.165) is 5.56 Å². The van der Waals surface area contributed by atoms with Crippen molar-refractivity contribution in [3.63, 3.8) is 0 Å². The van der Waals surface area contributed by atoms with Crippen LogP contribution in [0.4, 0.5) is 0 Å². The second-order valence-corrected chi connectivity index (χ2v) is 12.9. The zero-order valence-corrected chi connectivity index (χ0v) is 28.8. The number of carbonyl (C=O) groups excluding carboxylic acids is 1. The zero-order chi connectivity index (χ0) is 33.1. The van der Waals surface area contributed by atoms with Crippen molar-refractivity contribution in [2.75, 3.05) is 13.7 Å². The molecule has 0 unspecified atom stereocenters. The number of hydrogen-bond acceptors (Lipinski definition) is 8. The number of fused-ring (bicyclic) bond motifs is 1. The molecule has 0 fully saturated rings. The third-order valence-corrected chi connectivity index (χ3v) is 8.74. The first-order valence-corrected chi connectivity index (χ1v) is 16.4. The van der Waals surface area contributed by atoms with Crippen LogP contribution in [0.2, 0.25) is 15.1 Å². The molecule has 0 saturated heterocycles. The van der Waals surface area contributed by atoms with E-state index in [1.165, 1.54) is 23.0 Å². The summed E-state index contributed by atoms with van der Waals surface area (Å²) in [4.78, 5) is 32.6. The van der Waals surface area contributed by atoms with Crippen molar-refractivity contribution in [3.8, 4) is 17.2 Å². The van der Waals surface area contributed by atoms with E-state index >= 15 is 0 Å². The lowest BCUT2D eigenvalue weighted by Crippen LogP contribution is -2.40. The van der Waals surface area contributed by atoms with Gasteiger partial charge < -0.3 is 18.9 Å². The Balaban J connectivity index is 1.66. The molecule has 1 aromatic heterocycles. The highest BCUT2D eigenvalue weighted by Gasteiger charge is 2.34. The summed E-state index contributed by atoms with van der Waals surface area (Å²) in [5.41, 5.74) is 2.32. The summed E-state index contributed by atoms with van der Waals surface area (Å²) in [6, 6.07) is 15.0. The SMILES string of the molecule is CCOC(=O)C1=C(C)N=c2s/c(=C/c3cc(Cl)cc(Cl)c3OCc3ccc(Cl)cc3)c(=O)n2[C@@H]1c1ccc(OC(C)C)c(OC)c1. The summed E-state index contributed by atoms with van der Waals surface area (Å²) in [5, 5.41) is 1.27. The van der Waals surface area contributed by atoms with E-state index in [9.17, 15) is 9.59 Å². The van der Waals surface area contributed by atoms with Gasteiger partial charge in [0.15, 0.2) is 16.3 Å². The van der Waals surface area contributed by atoms with Gasteiger partial charge in [0, 0.05) is 15.6 Å². The maximum Gasteiger partial charge on any atom is 0.338 e. The van der Waals surface area contributed by atoms with Gasteiger partial charge in [-0.1, -0.05) is 64.3 Å². The normalized spacial score (nSPS) is 14.6. The third kappa shape index (κ3) is 7.13. The standard InChI is InChI=1S/C34H31Cl3N2O6S/c1-6-43-33(41)29-19(4)38-34-39(30(29)21-9-12-26(45-18(2)3)27(14-21)42-5)32(40)28(46-34)15-22-13-24(36)16-25(37)31(22)44-17-20-7-10-23(35)11-8-20/h7-16,18,30H,6,17H2,1-5H3/b28-15+/t30-/m1/s1. The van der Waals surface area contributed by atoms with E-state index < -0.39 is 12.0 Å². The number of ether oxygens (including phenoxy) is 4. The third-order valence-electron chi connectivity index (χ3n) is 7.00. The molecule has 1 aliphatic rings. The van der Waals surface area contributed by atoms with Crippen LogP contribution in [0.3, 0.4) is 0 Å². The molecule has 0 amide bonds. The van der Waals surface area contributed by atoms with Crippen LogP contribution < -0.4 is 29.1 Å². The van der Waals surface area contributed by atoms with Crippen LogP contribution in [-0.4, -0.2) is 30.4 Å². The van der Waals surface area contributed by atoms with Gasteiger partial charge in [-0.3, -0.25) is 9.36 Å². The van der Waals surface area contributed by atoms with Crippen LogP contribution in [0.25, 0.3) is 6.08 Å². The lowest BCUT2D eigenvalue weighted by atomic mass is 9.95. The second-order valence-electron chi connectivity index (χ2n) is 10.6. The first kappa shape index (κ1) is 33.6. The Labute approximate surface area is 285 Å². The number of carbonyl (C=O) groups is 1. The van der Waals surface area contributed by atoms with Crippen LogP contribution in [0.5, 0.6) is 17.2 Å². The van der Waals surface area contributed by atoms with Crippen molar-refractivity contribution < 1.29 is 23.7 Å². The zero-order valence-electron chi connectivity index (χ0n) is 25.7. The van der Waals surface area contributed by atoms with Crippen LogP contribution >= 0.6 is 46.1 Å². The summed E-state index contributed by atoms with van der Waals surface area (Å²) in [5.74, 6) is 0.791. The molecule has 0 spiro atoms. The van der Waals surface area contributed by atoms with E-state index in [0.29, 0.717) is 53.5 Å². The number of halogens is 3. The van der Waals surface area contributed by atoms with Gasteiger partial charge >= 0.3 is 5.97 Å². The Morgan fingerprint density at radius 2 is 1.78 bits per heavy atom. The van der Waals surface area contributed by atoms with E-state index in [-0.39, 0.29) is 35.5 Å². The number of allylic oxidation sites excluding steroid dienone is 1. The number of aromatic nitrogens is 1. The van der Waals surface area contributed by atoms with Gasteiger partial charge in [-0.25, -0.2) is 9.79 Å². The van der Waals surface area contributed by atoms with E-state index in [1.54, 1.807) is 62.4 Å². The molecule has 3 aromatic carbocycles. The number of nitrogens with zero attached hydrogens (tertiary/aromatic N) is 2. The summed E-state index contributed by atoms with van der Waals surface area (Å²) in [7, 11) is 1.54. The maximum atomic E-state index is 14.2. The largest absolute Gasteiger partial charge is 0.493 e. The first-order chi connectivity index (χ1) is 22.0. The van der Waals surface area contributed by atoms with Crippen molar-refractivity contribution in [2.24, 2.45) is 4.99 Å². The van der Waals surface area contributed by atoms with Crippen molar-refractivity contribution in [1.82, 2.24) is 4.57 Å². The molecule has 240 valence electrons. The van der Waals surface area contributed by atoms with Gasteiger partial charge in [-0.2, -0.15) is 0 Å². The van der Waals surface area contributed by atoms with Gasteiger partial charge in [0.05, 0.1) is 46.7 Å². The Hall–Kier alpha value is -3.76. The summed E-state index contributed by atoms with van der Waals surface area (Å²) in [6.07, 6.45) is 1.58. The van der Waals surface area contributed by atoms with Crippen LogP contribution in [-0.2, 0) is 16.1 Å². The number of rotatable bonds is 10. The molecule has 0 aliphatic carbocycles. The quantitative estimate of drug-likeness (QED) is 0.164. The molecule has 1 aliphatic heterocycles. The molecule has 2 heterocycles. The molecular weight excluding hydrogens is 671 g/mol. The molecule has 0 saturated carbocycles. The number of methoxy groups -OCH3 is 1. The number of thiazole rings is 1. The fraction of sp³-hybridized carbons (Fsp3) is 0.265. The average Bonchev–Trinajstić information content (AvgIpc) is 3.30. The van der Waals surface area contributed by atoms with Gasteiger partial charge in [0.1, 0.15) is 12.4 Å². The Morgan fingerprint density at radius 1 is 1.04 bits per heavy atom. The Morgan fingerprint density at radius 3 is 2.46 bits per heavy atom. The highest BCUT2D eigenvalue weighted by Crippen LogP contribution is 2.37. The summed E-state index contributed by atoms with van der Waals surface area (Å²) in [6.45, 7) is 7.65. The van der Waals surface area contributed by atoms with Gasteiger partial charge in [0.25, 0.3) is 5.56 Å². The number of benzene rings is 3. The molecule has 1 atom stereocenters. The van der Waals surface area contributed by atoms with Crippen LogP contribution in [0, 0.1) is 0 Å². The van der Waals surface area contributed by atoms with E-state index in [4.69, 9.17) is 53.8 Å². The second kappa shape index (κ2) is 14.3. The molecule has 12 heteroatoms. The van der Waals surface area contributed by atoms with Crippen LogP contribution in [0.1, 0.15) is 50.4 Å². The molecule has 4 aromatic rings. The fourth-order valence-electron chi connectivity index (χ4n) is 5.03. The van der Waals surface area contributed by atoms with E-state index in [2.05, 4.69) is 4.99 Å². The highest BCUT2D eigenvalue weighted by atomic mass is 35.5. The molecule has 0 radical (unpaired) electrons. The van der Waals surface area contributed by atoms with Crippen LogP contribution in [0.15, 0.2) is 75.7 Å². The lowest BCUT2D eigenvalue weighted by molar-refractivity contribution is -0.139. The molecular formula is C34H31Cl3N2O6S. The monoisotopic (exact) mass is 700 g/mol. The van der Waals surface area contributed by atoms with Crippen molar-refractivity contribution in [3.05, 3.63) is 117 Å². The molecule has 5 rings (SSSR count). The highest BCUT2D eigenvalue weighted by molar-refractivity contribution is 7.07. The van der Waals surface area contributed by atoms with Crippen molar-refractivity contribution in [2.45, 2.75) is 46.4 Å². The smallest absolute Gasteiger partial charge is 0.338 e. The maximum absolute atomic E-state index is 14.2. The fourth-order valence-corrected chi connectivity index (χ4v) is 6.76. The Kier molecular flexibility index (Phi) is 10.5. The lowest BCUT2D eigenvalue weighted by Gasteiger charge is -2.25. The summed E-state index contributed by atoms with van der Waals surface area (Å²) < 4.78 is 24.9. The minimum atomic E-state index is -0.844. The molecule has 0 bridgehead atoms. The first-order valence-electron chi connectivity index (χ1n) is 14.4. The van der Waals surface area contributed by atoms with Crippen molar-refractivity contribution >= 4 is 58.2 Å². The topological polar surface area (TPSA) is 88.4 Å². The number of hydrogen-bond donors (Lipinski definition) is 0. The van der Waals surface area contributed by atoms with Crippen molar-refractivity contribution in [1.29, 1.82) is 0 Å². The average molecular weight is 702 g/mol. The minimum Gasteiger partial charge on any atom is -0.493 e. The van der Waals surface area contributed by atoms with Gasteiger partial charge in [0.2, 0.25) is 0 Å². The predicted octanol–water partition coefficient (Wildman–Crippen LogP) is 7.13. The summed E-state index contributed by atoms with van der Waals surface area (Å²) >= 11 is 20.2. The number of esters is 1. The van der Waals surface area contributed by atoms with Gasteiger partial charge in [-0.15, -0.1) is 0 Å². The van der Waals surface area contributed by atoms with Gasteiger partial charge in [-0.05, 0) is 81.3 Å². The predicted molar refractivity (Wildman–Crippen MR) is 181 cm³/mol.